The van der Waals surface area contributed by atoms with E-state index in [9.17, 15) is 15.0 Å². The van der Waals surface area contributed by atoms with E-state index in [1.165, 1.54) is 18.2 Å². The molecule has 29 heavy (non-hydrogen) atoms. The van der Waals surface area contributed by atoms with Gasteiger partial charge >= 0.3 is 12.0 Å². The first-order valence-corrected chi connectivity index (χ1v) is 8.68. The third kappa shape index (κ3) is 5.22. The van der Waals surface area contributed by atoms with Crippen LogP contribution in [0.4, 0.5) is 17.6 Å². The molecule has 0 aliphatic carbocycles. The minimum atomic E-state index is -1.23. The van der Waals surface area contributed by atoms with Crippen LogP contribution in [-0.2, 0) is 6.54 Å². The fraction of sp³-hybridized carbons (Fsp3) is 0.158. The molecular weight excluding hydrogens is 378 g/mol. The molecule has 0 unspecified atom stereocenters. The van der Waals surface area contributed by atoms with Gasteiger partial charge in [0, 0.05) is 18.3 Å². The van der Waals surface area contributed by atoms with Gasteiger partial charge in [0.1, 0.15) is 17.1 Å². The van der Waals surface area contributed by atoms with Gasteiger partial charge in [-0.05, 0) is 36.8 Å². The molecule has 1 aromatic heterocycles. The monoisotopic (exact) mass is 397 g/mol. The van der Waals surface area contributed by atoms with Crippen molar-refractivity contribution in [1.82, 2.24) is 15.0 Å². The van der Waals surface area contributed by atoms with E-state index in [0.29, 0.717) is 18.8 Å². The first kappa shape index (κ1) is 19.7. The molecule has 0 amide bonds. The Labute approximate surface area is 165 Å². The Morgan fingerprint density at radius 1 is 1.03 bits per heavy atom. The summed E-state index contributed by atoms with van der Waals surface area (Å²) in [5.74, 6) is -1.03. The Kier molecular flexibility index (Phi) is 5.93. The molecule has 150 valence electrons. The number of aromatic hydroxyl groups is 2. The number of hydrogen-bond donors (Lipinski definition) is 5. The minimum absolute atomic E-state index is 0.101. The first-order valence-electron chi connectivity index (χ1n) is 8.68. The van der Waals surface area contributed by atoms with Gasteiger partial charge in [0.25, 0.3) is 0 Å². The summed E-state index contributed by atoms with van der Waals surface area (Å²) in [6, 6.07) is 10.8. The largest absolute Gasteiger partial charge is 0.508 e. The molecule has 2 aromatic carbocycles. The van der Waals surface area contributed by atoms with Gasteiger partial charge in [0.2, 0.25) is 11.9 Å². The number of carbonyl (C=O) groups is 1. The highest BCUT2D eigenvalue weighted by Crippen LogP contribution is 2.24. The van der Waals surface area contributed by atoms with Crippen molar-refractivity contribution in [1.29, 1.82) is 0 Å². The molecule has 0 aliphatic rings. The molecule has 0 fully saturated rings. The Balaban J connectivity index is 1.79. The number of hydrogen-bond acceptors (Lipinski definition) is 9. The predicted octanol–water partition coefficient (Wildman–Crippen LogP) is 2.74. The lowest BCUT2D eigenvalue weighted by molar-refractivity contribution is 0.0694. The Morgan fingerprint density at radius 3 is 2.41 bits per heavy atom. The number of ether oxygens (including phenoxy) is 1. The lowest BCUT2D eigenvalue weighted by Crippen LogP contribution is -2.09. The maximum atomic E-state index is 11.0. The number of carboxylic acid groups (broad SMARTS) is 1. The van der Waals surface area contributed by atoms with E-state index in [1.807, 2.05) is 0 Å². The molecule has 3 aromatic rings. The number of phenols is 2. The normalized spacial score (nSPS) is 10.4. The van der Waals surface area contributed by atoms with Crippen LogP contribution in [0.2, 0.25) is 0 Å². The van der Waals surface area contributed by atoms with Crippen LogP contribution in [0.15, 0.2) is 42.5 Å². The van der Waals surface area contributed by atoms with Gasteiger partial charge in [-0.3, -0.25) is 0 Å². The number of nitrogens with one attached hydrogen (secondary N) is 2. The van der Waals surface area contributed by atoms with E-state index >= 15 is 0 Å². The maximum absolute atomic E-state index is 11.0. The quantitative estimate of drug-likeness (QED) is 0.384. The van der Waals surface area contributed by atoms with Crippen LogP contribution in [0.1, 0.15) is 22.8 Å². The average Bonchev–Trinajstić information content (AvgIpc) is 2.67. The van der Waals surface area contributed by atoms with E-state index in [1.54, 1.807) is 31.2 Å². The number of phenolic OH excluding ortho intramolecular Hbond substituents is 1. The van der Waals surface area contributed by atoms with E-state index in [4.69, 9.17) is 9.84 Å². The smallest absolute Gasteiger partial charge is 0.339 e. The fourth-order valence-corrected chi connectivity index (χ4v) is 2.40. The lowest BCUT2D eigenvalue weighted by atomic mass is 10.2. The lowest BCUT2D eigenvalue weighted by Gasteiger charge is -2.11. The molecule has 0 bridgehead atoms. The summed E-state index contributed by atoms with van der Waals surface area (Å²) in [6.45, 7) is 2.56. The summed E-state index contributed by atoms with van der Waals surface area (Å²) in [5, 5.41) is 34.1. The molecule has 1 heterocycles. The standard InChI is InChI=1S/C19H19N5O5/c1-2-29-19-23-17(20-10-11-3-6-13(25)7-4-11)22-18(24-19)21-12-5-8-14(16(27)28)15(26)9-12/h3-9,25-26H,2,10H2,1H3,(H,27,28)(H2,20,21,22,23,24). The van der Waals surface area contributed by atoms with Gasteiger partial charge < -0.3 is 30.7 Å². The second kappa shape index (κ2) is 8.74. The van der Waals surface area contributed by atoms with E-state index in [2.05, 4.69) is 25.6 Å². The van der Waals surface area contributed by atoms with Crippen molar-refractivity contribution in [2.75, 3.05) is 17.2 Å². The third-order valence-corrected chi connectivity index (χ3v) is 3.76. The average molecular weight is 397 g/mol. The Bertz CT molecular complexity index is 1010. The molecule has 3 rings (SSSR count). The second-order valence-electron chi connectivity index (χ2n) is 5.88. The number of nitrogens with zero attached hydrogens (tertiary/aromatic N) is 3. The third-order valence-electron chi connectivity index (χ3n) is 3.76. The Hall–Kier alpha value is -4.08. The first-order chi connectivity index (χ1) is 13.9. The van der Waals surface area contributed by atoms with E-state index in [0.717, 1.165) is 5.56 Å². The molecule has 0 radical (unpaired) electrons. The van der Waals surface area contributed by atoms with Crippen LogP contribution in [0.3, 0.4) is 0 Å². The zero-order valence-electron chi connectivity index (χ0n) is 15.5. The predicted molar refractivity (Wildman–Crippen MR) is 105 cm³/mol. The fourth-order valence-electron chi connectivity index (χ4n) is 2.40. The van der Waals surface area contributed by atoms with Crippen LogP contribution in [0, 0.1) is 0 Å². The van der Waals surface area contributed by atoms with Crippen molar-refractivity contribution < 1.29 is 24.9 Å². The zero-order chi connectivity index (χ0) is 20.8. The van der Waals surface area contributed by atoms with Crippen molar-refractivity contribution in [3.63, 3.8) is 0 Å². The highest BCUT2D eigenvalue weighted by molar-refractivity contribution is 5.91. The van der Waals surface area contributed by atoms with Gasteiger partial charge in [-0.25, -0.2) is 4.79 Å². The molecule has 0 saturated heterocycles. The van der Waals surface area contributed by atoms with Crippen LogP contribution in [0.25, 0.3) is 0 Å². The molecule has 0 aliphatic heterocycles. The Morgan fingerprint density at radius 2 is 1.76 bits per heavy atom. The van der Waals surface area contributed by atoms with Crippen molar-refractivity contribution in [3.05, 3.63) is 53.6 Å². The summed E-state index contributed by atoms with van der Waals surface area (Å²) in [7, 11) is 0. The number of benzene rings is 2. The molecular formula is C19H19N5O5. The van der Waals surface area contributed by atoms with E-state index in [-0.39, 0.29) is 35.0 Å². The summed E-state index contributed by atoms with van der Waals surface area (Å²) >= 11 is 0. The molecule has 5 N–H and O–H groups in total. The van der Waals surface area contributed by atoms with Crippen molar-refractivity contribution in [2.24, 2.45) is 0 Å². The summed E-state index contributed by atoms with van der Waals surface area (Å²) < 4.78 is 5.36. The highest BCUT2D eigenvalue weighted by atomic mass is 16.5. The summed E-state index contributed by atoms with van der Waals surface area (Å²) in [5.41, 5.74) is 1.09. The van der Waals surface area contributed by atoms with Crippen LogP contribution < -0.4 is 15.4 Å². The van der Waals surface area contributed by atoms with Crippen molar-refractivity contribution in [3.8, 4) is 17.5 Å². The van der Waals surface area contributed by atoms with Crippen LogP contribution in [0.5, 0.6) is 17.5 Å². The molecule has 10 nitrogen and oxygen atoms in total. The van der Waals surface area contributed by atoms with Gasteiger partial charge in [0.05, 0.1) is 6.61 Å². The highest BCUT2D eigenvalue weighted by Gasteiger charge is 2.12. The van der Waals surface area contributed by atoms with Gasteiger partial charge in [0.15, 0.2) is 0 Å². The van der Waals surface area contributed by atoms with Crippen molar-refractivity contribution in [2.45, 2.75) is 13.5 Å². The topological polar surface area (TPSA) is 150 Å². The van der Waals surface area contributed by atoms with Crippen molar-refractivity contribution >= 4 is 23.6 Å². The number of rotatable bonds is 8. The number of anilines is 3. The SMILES string of the molecule is CCOc1nc(NCc2ccc(O)cc2)nc(Nc2ccc(C(=O)O)c(O)c2)n1. The van der Waals surface area contributed by atoms with Gasteiger partial charge in [-0.2, -0.15) is 15.0 Å². The number of aromatic carboxylic acids is 1. The second-order valence-corrected chi connectivity index (χ2v) is 5.88. The minimum Gasteiger partial charge on any atom is -0.508 e. The zero-order valence-corrected chi connectivity index (χ0v) is 15.5. The molecule has 0 saturated carbocycles. The van der Waals surface area contributed by atoms with Crippen LogP contribution >= 0.6 is 0 Å². The van der Waals surface area contributed by atoms with E-state index < -0.39 is 5.97 Å². The van der Waals surface area contributed by atoms with Gasteiger partial charge in [-0.15, -0.1) is 0 Å². The van der Waals surface area contributed by atoms with Gasteiger partial charge in [-0.1, -0.05) is 12.1 Å². The molecule has 0 atom stereocenters. The maximum Gasteiger partial charge on any atom is 0.339 e. The number of aromatic nitrogens is 3. The summed E-state index contributed by atoms with van der Waals surface area (Å²) in [6.07, 6.45) is 0. The summed E-state index contributed by atoms with van der Waals surface area (Å²) in [4.78, 5) is 23.6. The number of carboxylic acids is 1. The molecule has 0 spiro atoms. The van der Waals surface area contributed by atoms with Crippen LogP contribution in [-0.4, -0.2) is 42.8 Å². The molecule has 10 heteroatoms.